The zero-order chi connectivity index (χ0) is 12.1. The molecule has 0 spiro atoms. The molecule has 1 rings (SSSR count). The van der Waals surface area contributed by atoms with Gasteiger partial charge in [0, 0.05) is 6.07 Å². The lowest BCUT2D eigenvalue weighted by Gasteiger charge is -2.13. The lowest BCUT2D eigenvalue weighted by molar-refractivity contribution is 0.119. The van der Waals surface area contributed by atoms with Crippen molar-refractivity contribution in [2.45, 2.75) is 39.4 Å². The van der Waals surface area contributed by atoms with Crippen molar-refractivity contribution in [1.82, 2.24) is 0 Å². The smallest absolute Gasteiger partial charge is 0.190 e. The van der Waals surface area contributed by atoms with E-state index in [-0.39, 0.29) is 23.4 Å². The summed E-state index contributed by atoms with van der Waals surface area (Å²) in [6.45, 7) is 3.73. The van der Waals surface area contributed by atoms with Gasteiger partial charge in [0.05, 0.1) is 12.2 Å². The van der Waals surface area contributed by atoms with Crippen LogP contribution in [-0.2, 0) is 6.61 Å². The van der Waals surface area contributed by atoms with Gasteiger partial charge in [-0.1, -0.05) is 20.3 Å². The summed E-state index contributed by atoms with van der Waals surface area (Å²) in [5.41, 5.74) is -0.0913. The van der Waals surface area contributed by atoms with Gasteiger partial charge in [0.1, 0.15) is 18.1 Å². The number of aliphatic hydroxyl groups is 2. The first-order valence-electron chi connectivity index (χ1n) is 5.49. The highest BCUT2D eigenvalue weighted by atomic mass is 16.4. The van der Waals surface area contributed by atoms with Gasteiger partial charge in [-0.05, 0) is 12.3 Å². The summed E-state index contributed by atoms with van der Waals surface area (Å²) >= 11 is 0. The molecule has 0 radical (unpaired) electrons. The zero-order valence-electron chi connectivity index (χ0n) is 9.64. The van der Waals surface area contributed by atoms with Gasteiger partial charge in [0.25, 0.3) is 0 Å². The third-order valence-corrected chi connectivity index (χ3v) is 2.75. The molecule has 2 atom stereocenters. The van der Waals surface area contributed by atoms with Crippen LogP contribution in [0, 0.1) is 5.92 Å². The minimum Gasteiger partial charge on any atom is -0.466 e. The normalized spacial score (nSPS) is 14.8. The molecule has 4 heteroatoms. The average molecular weight is 226 g/mol. The molecule has 16 heavy (non-hydrogen) atoms. The number of aliphatic hydroxyl groups excluding tert-OH is 2. The van der Waals surface area contributed by atoms with Crippen molar-refractivity contribution in [3.63, 3.8) is 0 Å². The summed E-state index contributed by atoms with van der Waals surface area (Å²) in [6.07, 6.45) is 1.99. The van der Waals surface area contributed by atoms with E-state index in [4.69, 9.17) is 9.52 Å². The summed E-state index contributed by atoms with van der Waals surface area (Å²) in [6, 6.07) is 1.25. The van der Waals surface area contributed by atoms with E-state index in [0.29, 0.717) is 12.3 Å². The molecule has 0 amide bonds. The molecule has 0 fully saturated rings. The van der Waals surface area contributed by atoms with E-state index in [2.05, 4.69) is 0 Å². The van der Waals surface area contributed by atoms with Gasteiger partial charge in [0.2, 0.25) is 0 Å². The van der Waals surface area contributed by atoms with Crippen molar-refractivity contribution in [3.8, 4) is 0 Å². The summed E-state index contributed by atoms with van der Waals surface area (Å²) in [7, 11) is 0. The minimum atomic E-state index is -0.754. The summed E-state index contributed by atoms with van der Waals surface area (Å²) in [4.78, 5) is 11.4. The lowest BCUT2D eigenvalue weighted by Crippen LogP contribution is -2.11. The highest BCUT2D eigenvalue weighted by Gasteiger charge is 2.15. The SMILES string of the molecule is CC[C@@H](C)C[C@@H](O)c1cc(=O)c(CO)co1. The molecule has 0 unspecified atom stereocenters. The Hall–Kier alpha value is -1.13. The topological polar surface area (TPSA) is 70.7 Å². The van der Waals surface area contributed by atoms with Crippen molar-refractivity contribution in [3.05, 3.63) is 33.9 Å². The molecule has 0 saturated heterocycles. The van der Waals surface area contributed by atoms with E-state index in [9.17, 15) is 9.90 Å². The Morgan fingerprint density at radius 2 is 2.19 bits per heavy atom. The van der Waals surface area contributed by atoms with Crippen LogP contribution in [0.3, 0.4) is 0 Å². The Kier molecular flexibility index (Phi) is 4.71. The molecule has 1 aromatic heterocycles. The van der Waals surface area contributed by atoms with Crippen LogP contribution in [0.15, 0.2) is 21.5 Å². The summed E-state index contributed by atoms with van der Waals surface area (Å²) in [5.74, 6) is 0.639. The second-order valence-corrected chi connectivity index (χ2v) is 4.09. The monoisotopic (exact) mass is 226 g/mol. The summed E-state index contributed by atoms with van der Waals surface area (Å²) in [5, 5.41) is 18.6. The third kappa shape index (κ3) is 3.18. The highest BCUT2D eigenvalue weighted by Crippen LogP contribution is 2.21. The molecule has 90 valence electrons. The Morgan fingerprint density at radius 1 is 1.50 bits per heavy atom. The maximum atomic E-state index is 11.4. The molecular formula is C12H18O4. The average Bonchev–Trinajstić information content (AvgIpc) is 2.28. The van der Waals surface area contributed by atoms with E-state index in [0.717, 1.165) is 6.42 Å². The minimum absolute atomic E-state index is 0.208. The predicted molar refractivity (Wildman–Crippen MR) is 59.9 cm³/mol. The van der Waals surface area contributed by atoms with E-state index < -0.39 is 6.10 Å². The summed E-state index contributed by atoms with van der Waals surface area (Å²) < 4.78 is 5.13. The molecule has 0 aromatic carbocycles. The van der Waals surface area contributed by atoms with E-state index in [1.165, 1.54) is 12.3 Å². The Bertz CT molecular complexity index is 383. The van der Waals surface area contributed by atoms with Crippen LogP contribution < -0.4 is 5.43 Å². The maximum Gasteiger partial charge on any atom is 0.190 e. The van der Waals surface area contributed by atoms with E-state index in [1.54, 1.807) is 0 Å². The molecule has 0 aliphatic carbocycles. The fraction of sp³-hybridized carbons (Fsp3) is 0.583. The lowest BCUT2D eigenvalue weighted by atomic mass is 9.99. The first-order chi connectivity index (χ1) is 7.58. The van der Waals surface area contributed by atoms with Gasteiger partial charge in [-0.25, -0.2) is 0 Å². The van der Waals surface area contributed by atoms with Gasteiger partial charge in [-0.15, -0.1) is 0 Å². The molecule has 0 saturated carbocycles. The first kappa shape index (κ1) is 12.9. The fourth-order valence-corrected chi connectivity index (χ4v) is 1.41. The highest BCUT2D eigenvalue weighted by molar-refractivity contribution is 5.11. The van der Waals surface area contributed by atoms with Crippen LogP contribution >= 0.6 is 0 Å². The second kappa shape index (κ2) is 5.82. The van der Waals surface area contributed by atoms with Gasteiger partial charge in [-0.3, -0.25) is 4.79 Å². The van der Waals surface area contributed by atoms with Crippen molar-refractivity contribution in [1.29, 1.82) is 0 Å². The van der Waals surface area contributed by atoms with Crippen molar-refractivity contribution >= 4 is 0 Å². The molecule has 0 bridgehead atoms. The molecular weight excluding hydrogens is 208 g/mol. The van der Waals surface area contributed by atoms with E-state index >= 15 is 0 Å². The molecule has 4 nitrogen and oxygen atoms in total. The largest absolute Gasteiger partial charge is 0.466 e. The van der Waals surface area contributed by atoms with Crippen molar-refractivity contribution in [2.75, 3.05) is 0 Å². The predicted octanol–water partition coefficient (Wildman–Crippen LogP) is 1.60. The first-order valence-corrected chi connectivity index (χ1v) is 5.49. The van der Waals surface area contributed by atoms with Crippen LogP contribution in [0.1, 0.15) is 44.1 Å². The van der Waals surface area contributed by atoms with Crippen LogP contribution in [0.2, 0.25) is 0 Å². The Balaban J connectivity index is 2.80. The van der Waals surface area contributed by atoms with Gasteiger partial charge < -0.3 is 14.6 Å². The Morgan fingerprint density at radius 3 is 2.69 bits per heavy atom. The molecule has 1 aromatic rings. The third-order valence-electron chi connectivity index (χ3n) is 2.75. The van der Waals surface area contributed by atoms with Crippen molar-refractivity contribution in [2.24, 2.45) is 5.92 Å². The molecule has 0 aliphatic rings. The van der Waals surface area contributed by atoms with E-state index in [1.807, 2.05) is 13.8 Å². The molecule has 0 aliphatic heterocycles. The van der Waals surface area contributed by atoms with Gasteiger partial charge >= 0.3 is 0 Å². The van der Waals surface area contributed by atoms with Crippen LogP contribution in [0.4, 0.5) is 0 Å². The van der Waals surface area contributed by atoms with Crippen LogP contribution in [0.5, 0.6) is 0 Å². The molecule has 2 N–H and O–H groups in total. The second-order valence-electron chi connectivity index (χ2n) is 4.09. The van der Waals surface area contributed by atoms with Gasteiger partial charge in [0.15, 0.2) is 5.43 Å². The van der Waals surface area contributed by atoms with Crippen LogP contribution in [-0.4, -0.2) is 10.2 Å². The zero-order valence-corrected chi connectivity index (χ0v) is 9.64. The fourth-order valence-electron chi connectivity index (χ4n) is 1.41. The van der Waals surface area contributed by atoms with Crippen LogP contribution in [0.25, 0.3) is 0 Å². The standard InChI is InChI=1S/C12H18O4/c1-3-8(2)4-11(15)12-5-10(14)9(6-13)7-16-12/h5,7-8,11,13,15H,3-4,6H2,1-2H3/t8-,11-/m1/s1. The Labute approximate surface area is 94.5 Å². The number of rotatable bonds is 5. The molecule has 1 heterocycles. The van der Waals surface area contributed by atoms with Gasteiger partial charge in [-0.2, -0.15) is 0 Å². The number of hydrogen-bond donors (Lipinski definition) is 2. The number of hydrogen-bond acceptors (Lipinski definition) is 4. The quantitative estimate of drug-likeness (QED) is 0.800. The van der Waals surface area contributed by atoms with Crippen molar-refractivity contribution < 1.29 is 14.6 Å². The maximum absolute atomic E-state index is 11.4.